The van der Waals surface area contributed by atoms with E-state index in [1.165, 1.54) is 19.2 Å². The summed E-state index contributed by atoms with van der Waals surface area (Å²) in [6.45, 7) is -0.183. The normalized spacial score (nSPS) is 11.7. The highest BCUT2D eigenvalue weighted by Gasteiger charge is 2.31. The lowest BCUT2D eigenvalue weighted by Gasteiger charge is -2.27. The van der Waals surface area contributed by atoms with Crippen molar-refractivity contribution in [3.63, 3.8) is 0 Å². The Balaban J connectivity index is 2.46. The Labute approximate surface area is 181 Å². The molecular formula is C21H22F3N3O5. The fraction of sp³-hybridized carbons (Fsp3) is 0.286. The molecule has 0 radical (unpaired) electrons. The summed E-state index contributed by atoms with van der Waals surface area (Å²) in [7, 11) is 1.33. The molecule has 0 aliphatic carbocycles. The Kier molecular flexibility index (Phi) is 8.19. The van der Waals surface area contributed by atoms with E-state index in [-0.39, 0.29) is 23.5 Å². The van der Waals surface area contributed by atoms with Crippen LogP contribution in [0, 0.1) is 22.9 Å². The number of benzene rings is 2. The van der Waals surface area contributed by atoms with Crippen molar-refractivity contribution in [2.24, 2.45) is 5.73 Å². The Hall–Kier alpha value is -3.60. The van der Waals surface area contributed by atoms with E-state index in [0.29, 0.717) is 4.90 Å². The van der Waals surface area contributed by atoms with Gasteiger partial charge in [0.1, 0.15) is 35.6 Å². The van der Waals surface area contributed by atoms with Crippen molar-refractivity contribution in [2.45, 2.75) is 19.6 Å². The number of methoxy groups -OCH3 is 1. The van der Waals surface area contributed by atoms with Crippen molar-refractivity contribution in [3.8, 4) is 5.75 Å². The summed E-state index contributed by atoms with van der Waals surface area (Å²) in [4.78, 5) is 25.1. The maximum atomic E-state index is 14.6. The number of rotatable bonds is 10. The third kappa shape index (κ3) is 5.76. The summed E-state index contributed by atoms with van der Waals surface area (Å²) in [5.41, 5.74) is 4.21. The largest absolute Gasteiger partial charge is 0.497 e. The van der Waals surface area contributed by atoms with Gasteiger partial charge in [-0.1, -0.05) is 0 Å². The maximum absolute atomic E-state index is 14.6. The molecule has 11 heteroatoms. The van der Waals surface area contributed by atoms with E-state index in [0.717, 1.165) is 18.2 Å². The number of carbonyl (C=O) groups excluding carboxylic acids is 1. The standard InChI is InChI=1S/C21H22F3N3O5/c1-3-32-19(13-5-4-12(31-2)8-17(13)24)21(30)27(10-18(28)29)9-14-15(22)6-11(20(25)26)7-16(14)23/h4-8,19H,3,9-10H2,1-2H3,(H3,25,26)(H,28,29). The van der Waals surface area contributed by atoms with Crippen molar-refractivity contribution >= 4 is 17.7 Å². The zero-order chi connectivity index (χ0) is 24.0. The number of carboxylic acid groups (broad SMARTS) is 1. The van der Waals surface area contributed by atoms with Crippen molar-refractivity contribution < 1.29 is 37.3 Å². The van der Waals surface area contributed by atoms with E-state index in [9.17, 15) is 27.9 Å². The minimum absolute atomic E-state index is 0.0290. The molecule has 8 nitrogen and oxygen atoms in total. The van der Waals surface area contributed by atoms with Gasteiger partial charge in [0.15, 0.2) is 6.10 Å². The van der Waals surface area contributed by atoms with Crippen LogP contribution in [0.25, 0.3) is 0 Å². The van der Waals surface area contributed by atoms with E-state index in [1.807, 2.05) is 0 Å². The number of amidine groups is 1. The van der Waals surface area contributed by atoms with Crippen LogP contribution in [0.5, 0.6) is 5.75 Å². The summed E-state index contributed by atoms with van der Waals surface area (Å²) in [6, 6.07) is 5.25. The molecule has 0 aliphatic heterocycles. The van der Waals surface area contributed by atoms with E-state index in [1.54, 1.807) is 6.92 Å². The number of nitrogens with one attached hydrogen (secondary N) is 1. The van der Waals surface area contributed by atoms with E-state index in [4.69, 9.17) is 20.6 Å². The highest BCUT2D eigenvalue weighted by atomic mass is 19.1. The molecule has 2 rings (SSSR count). The second kappa shape index (κ2) is 10.6. The van der Waals surface area contributed by atoms with Crippen LogP contribution in [0.1, 0.15) is 29.7 Å². The number of carboxylic acids is 1. The monoisotopic (exact) mass is 453 g/mol. The molecule has 0 bridgehead atoms. The van der Waals surface area contributed by atoms with Crippen LogP contribution in [0.4, 0.5) is 13.2 Å². The number of carbonyl (C=O) groups is 2. The number of nitrogens with zero attached hydrogens (tertiary/aromatic N) is 1. The molecule has 0 saturated carbocycles. The van der Waals surface area contributed by atoms with Crippen molar-refractivity contribution in [1.82, 2.24) is 4.90 Å². The zero-order valence-electron chi connectivity index (χ0n) is 17.3. The lowest BCUT2D eigenvalue weighted by molar-refractivity contribution is -0.151. The molecule has 2 aromatic carbocycles. The smallest absolute Gasteiger partial charge is 0.323 e. The molecule has 0 heterocycles. The first-order chi connectivity index (χ1) is 15.1. The van der Waals surface area contributed by atoms with Gasteiger partial charge < -0.3 is 25.2 Å². The van der Waals surface area contributed by atoms with Gasteiger partial charge in [-0.25, -0.2) is 13.2 Å². The molecule has 0 aromatic heterocycles. The molecule has 0 aliphatic rings. The number of halogens is 3. The van der Waals surface area contributed by atoms with Crippen LogP contribution in [-0.4, -0.2) is 48.0 Å². The molecule has 172 valence electrons. The van der Waals surface area contributed by atoms with Crippen LogP contribution >= 0.6 is 0 Å². The van der Waals surface area contributed by atoms with E-state index < -0.39 is 59.9 Å². The Morgan fingerprint density at radius 2 is 1.78 bits per heavy atom. The van der Waals surface area contributed by atoms with Gasteiger partial charge in [0.05, 0.1) is 13.7 Å². The Morgan fingerprint density at radius 1 is 1.16 bits per heavy atom. The summed E-state index contributed by atoms with van der Waals surface area (Å²) >= 11 is 0. The number of hydrogen-bond donors (Lipinski definition) is 3. The quantitative estimate of drug-likeness (QED) is 0.375. The highest BCUT2D eigenvalue weighted by molar-refractivity contribution is 5.95. The number of amides is 1. The average Bonchev–Trinajstić information content (AvgIpc) is 2.73. The first kappa shape index (κ1) is 24.7. The molecule has 32 heavy (non-hydrogen) atoms. The van der Waals surface area contributed by atoms with Crippen LogP contribution in [0.3, 0.4) is 0 Å². The van der Waals surface area contributed by atoms with Gasteiger partial charge in [0.25, 0.3) is 5.91 Å². The van der Waals surface area contributed by atoms with Crippen molar-refractivity contribution in [2.75, 3.05) is 20.3 Å². The molecule has 1 unspecified atom stereocenters. The molecule has 2 aromatic rings. The van der Waals surface area contributed by atoms with Gasteiger partial charge >= 0.3 is 5.97 Å². The first-order valence-corrected chi connectivity index (χ1v) is 9.36. The maximum Gasteiger partial charge on any atom is 0.323 e. The van der Waals surface area contributed by atoms with Crippen LogP contribution in [-0.2, 0) is 20.9 Å². The van der Waals surface area contributed by atoms with E-state index >= 15 is 0 Å². The molecular weight excluding hydrogens is 431 g/mol. The fourth-order valence-electron chi connectivity index (χ4n) is 2.95. The number of aliphatic carboxylic acids is 1. The summed E-state index contributed by atoms with van der Waals surface area (Å²) in [5.74, 6) is -5.93. The van der Waals surface area contributed by atoms with Crippen LogP contribution in [0.15, 0.2) is 30.3 Å². The highest BCUT2D eigenvalue weighted by Crippen LogP contribution is 2.27. The van der Waals surface area contributed by atoms with Gasteiger partial charge in [0, 0.05) is 29.4 Å². The van der Waals surface area contributed by atoms with Gasteiger partial charge in [-0.3, -0.25) is 15.0 Å². The van der Waals surface area contributed by atoms with Gasteiger partial charge in [-0.05, 0) is 31.2 Å². The SMILES string of the molecule is CCOC(C(=O)N(CC(=O)O)Cc1c(F)cc(C(=N)N)cc1F)c1ccc(OC)cc1F. The molecule has 1 amide bonds. The molecule has 0 saturated heterocycles. The van der Waals surface area contributed by atoms with Crippen LogP contribution in [0.2, 0.25) is 0 Å². The fourth-order valence-corrected chi connectivity index (χ4v) is 2.95. The predicted molar refractivity (Wildman–Crippen MR) is 108 cm³/mol. The van der Waals surface area contributed by atoms with Gasteiger partial charge in [-0.2, -0.15) is 0 Å². The molecule has 1 atom stereocenters. The van der Waals surface area contributed by atoms with Gasteiger partial charge in [-0.15, -0.1) is 0 Å². The summed E-state index contributed by atoms with van der Waals surface area (Å²) in [6.07, 6.45) is -1.56. The van der Waals surface area contributed by atoms with Crippen molar-refractivity contribution in [1.29, 1.82) is 5.41 Å². The first-order valence-electron chi connectivity index (χ1n) is 9.36. The minimum atomic E-state index is -1.56. The number of ether oxygens (including phenoxy) is 2. The Bertz CT molecular complexity index is 1010. The lowest BCUT2D eigenvalue weighted by atomic mass is 10.1. The zero-order valence-corrected chi connectivity index (χ0v) is 17.3. The summed E-state index contributed by atoms with van der Waals surface area (Å²) < 4.78 is 53.8. The number of hydrogen-bond acceptors (Lipinski definition) is 5. The molecule has 4 N–H and O–H groups in total. The number of nitrogens with two attached hydrogens (primary N) is 1. The molecule has 0 fully saturated rings. The predicted octanol–water partition coefficient (Wildman–Crippen LogP) is 2.59. The second-order valence-corrected chi connectivity index (χ2v) is 6.64. The second-order valence-electron chi connectivity index (χ2n) is 6.64. The van der Waals surface area contributed by atoms with E-state index in [2.05, 4.69) is 0 Å². The summed E-state index contributed by atoms with van der Waals surface area (Å²) in [5, 5.41) is 16.5. The van der Waals surface area contributed by atoms with Crippen LogP contribution < -0.4 is 10.5 Å². The number of nitrogen functional groups attached to an aromatic ring is 1. The third-order valence-electron chi connectivity index (χ3n) is 4.49. The third-order valence-corrected chi connectivity index (χ3v) is 4.49. The van der Waals surface area contributed by atoms with Gasteiger partial charge in [0.2, 0.25) is 0 Å². The van der Waals surface area contributed by atoms with Crippen molar-refractivity contribution in [3.05, 3.63) is 64.5 Å². The molecule has 0 spiro atoms. The topological polar surface area (TPSA) is 126 Å². The average molecular weight is 453 g/mol. The Morgan fingerprint density at radius 3 is 2.25 bits per heavy atom. The lowest BCUT2D eigenvalue weighted by Crippen LogP contribution is -2.40. The minimum Gasteiger partial charge on any atom is -0.497 e.